The first kappa shape index (κ1) is 25.0. The molecule has 9 heteroatoms. The molecular weight excluding hydrogens is 460 g/mol. The van der Waals surface area contributed by atoms with Crippen LogP contribution in [0.4, 0.5) is 5.95 Å². The van der Waals surface area contributed by atoms with Gasteiger partial charge in [0.15, 0.2) is 11.5 Å². The minimum atomic E-state index is 0.249. The van der Waals surface area contributed by atoms with Crippen LogP contribution in [0.1, 0.15) is 22.4 Å². The summed E-state index contributed by atoms with van der Waals surface area (Å²) in [6.45, 7) is 2.53. The van der Waals surface area contributed by atoms with Gasteiger partial charge in [-0.1, -0.05) is 0 Å². The third kappa shape index (κ3) is 4.95. The number of hydrogen-bond donors (Lipinski definition) is 1. The summed E-state index contributed by atoms with van der Waals surface area (Å²) >= 11 is 0. The highest BCUT2D eigenvalue weighted by atomic mass is 16.5. The van der Waals surface area contributed by atoms with Crippen LogP contribution in [-0.2, 0) is 19.4 Å². The lowest BCUT2D eigenvalue weighted by atomic mass is 10.0. The minimum Gasteiger partial charge on any atom is -0.497 e. The maximum Gasteiger partial charge on any atom is 0.222 e. The van der Waals surface area contributed by atoms with Crippen LogP contribution in [0.2, 0.25) is 0 Å². The van der Waals surface area contributed by atoms with E-state index >= 15 is 0 Å². The smallest absolute Gasteiger partial charge is 0.222 e. The van der Waals surface area contributed by atoms with Crippen LogP contribution in [0.15, 0.2) is 36.5 Å². The zero-order chi connectivity index (χ0) is 25.8. The second-order valence-electron chi connectivity index (χ2n) is 8.40. The fraction of sp³-hybridized carbons (Fsp3) is 0.333. The summed E-state index contributed by atoms with van der Waals surface area (Å²) < 4.78 is 29.5. The van der Waals surface area contributed by atoms with E-state index in [1.807, 2.05) is 37.3 Å². The fourth-order valence-electron chi connectivity index (χ4n) is 4.50. The molecule has 2 aromatic heterocycles. The normalized spacial score (nSPS) is 10.9. The predicted octanol–water partition coefficient (Wildman–Crippen LogP) is 4.20. The second-order valence-corrected chi connectivity index (χ2v) is 8.40. The Kier molecular flexibility index (Phi) is 7.38. The van der Waals surface area contributed by atoms with E-state index in [-0.39, 0.29) is 5.95 Å². The molecule has 2 aromatic carbocycles. The number of aromatic nitrogens is 3. The molecule has 0 saturated carbocycles. The first-order chi connectivity index (χ1) is 17.4. The molecule has 0 fully saturated rings. The van der Waals surface area contributed by atoms with Gasteiger partial charge in [0.25, 0.3) is 0 Å². The summed E-state index contributed by atoms with van der Waals surface area (Å²) in [5.74, 6) is 3.55. The molecule has 4 aromatic rings. The fourth-order valence-corrected chi connectivity index (χ4v) is 4.50. The van der Waals surface area contributed by atoms with Gasteiger partial charge in [0.1, 0.15) is 17.1 Å². The van der Waals surface area contributed by atoms with E-state index in [0.29, 0.717) is 23.8 Å². The average molecular weight is 493 g/mol. The molecule has 2 heterocycles. The summed E-state index contributed by atoms with van der Waals surface area (Å²) in [4.78, 5) is 9.01. The molecule has 9 nitrogen and oxygen atoms in total. The van der Waals surface area contributed by atoms with Crippen molar-refractivity contribution in [3.05, 3.63) is 58.9 Å². The summed E-state index contributed by atoms with van der Waals surface area (Å²) in [5, 5.41) is 1.01. The summed E-state index contributed by atoms with van der Waals surface area (Å²) in [6, 6.07) is 9.78. The quantitative estimate of drug-likeness (QED) is 0.351. The summed E-state index contributed by atoms with van der Waals surface area (Å²) in [7, 11) is 8.12. The molecular formula is C27H32N4O5. The number of methoxy groups -OCH3 is 5. The number of ether oxygens (including phenoxy) is 5. The summed E-state index contributed by atoms with van der Waals surface area (Å²) in [5.41, 5.74) is 10.9. The molecule has 0 aliphatic rings. The van der Waals surface area contributed by atoms with Crippen molar-refractivity contribution in [3.63, 3.8) is 0 Å². The number of nitrogens with two attached hydrogens (primary N) is 1. The standard InChI is InChI=1S/C27H32N4O5/c1-16-24-19(8-7-17-11-22(34-4)25(36-6)23(12-17)35-5)15-31(26(24)30-27(28)29-16)14-18-9-20(32-2)13-21(10-18)33-3/h9-13,15H,7-8,14H2,1-6H3,(H2,28,29,30). The Morgan fingerprint density at radius 1 is 0.750 bits per heavy atom. The first-order valence-corrected chi connectivity index (χ1v) is 11.5. The SMILES string of the molecule is COc1cc(Cn2cc(CCc3cc(OC)c(OC)c(OC)c3)c3c(C)nc(N)nc32)cc(OC)c1. The van der Waals surface area contributed by atoms with Gasteiger partial charge in [0.05, 0.1) is 41.2 Å². The first-order valence-electron chi connectivity index (χ1n) is 11.5. The number of benzene rings is 2. The van der Waals surface area contributed by atoms with E-state index in [1.165, 1.54) is 0 Å². The number of fused-ring (bicyclic) bond motifs is 1. The van der Waals surface area contributed by atoms with Gasteiger partial charge < -0.3 is 34.0 Å². The third-order valence-electron chi connectivity index (χ3n) is 6.16. The van der Waals surface area contributed by atoms with Crippen molar-refractivity contribution in [1.82, 2.24) is 14.5 Å². The van der Waals surface area contributed by atoms with E-state index in [1.54, 1.807) is 35.5 Å². The molecule has 2 N–H and O–H groups in total. The Labute approximate surface area is 210 Å². The Balaban J connectivity index is 1.71. The highest BCUT2D eigenvalue weighted by Crippen LogP contribution is 2.38. The Hall–Kier alpha value is -4.14. The minimum absolute atomic E-state index is 0.249. The summed E-state index contributed by atoms with van der Waals surface area (Å²) in [6.07, 6.45) is 3.64. The highest BCUT2D eigenvalue weighted by molar-refractivity contribution is 5.84. The van der Waals surface area contributed by atoms with E-state index in [9.17, 15) is 0 Å². The Morgan fingerprint density at radius 2 is 1.39 bits per heavy atom. The van der Waals surface area contributed by atoms with Gasteiger partial charge in [0, 0.05) is 24.2 Å². The van der Waals surface area contributed by atoms with E-state index in [2.05, 4.69) is 20.7 Å². The van der Waals surface area contributed by atoms with Crippen molar-refractivity contribution >= 4 is 17.0 Å². The van der Waals surface area contributed by atoms with Crippen LogP contribution in [0.25, 0.3) is 11.0 Å². The van der Waals surface area contributed by atoms with Crippen molar-refractivity contribution in [2.24, 2.45) is 0 Å². The number of nitrogens with zero attached hydrogens (tertiary/aromatic N) is 3. The lowest BCUT2D eigenvalue weighted by molar-refractivity contribution is 0.324. The van der Waals surface area contributed by atoms with Gasteiger partial charge in [0.2, 0.25) is 11.7 Å². The number of aryl methyl sites for hydroxylation is 3. The van der Waals surface area contributed by atoms with Gasteiger partial charge >= 0.3 is 0 Å². The lowest BCUT2D eigenvalue weighted by Crippen LogP contribution is -2.03. The topological polar surface area (TPSA) is 103 Å². The predicted molar refractivity (Wildman–Crippen MR) is 139 cm³/mol. The van der Waals surface area contributed by atoms with Crippen LogP contribution in [-0.4, -0.2) is 50.1 Å². The van der Waals surface area contributed by atoms with Crippen LogP contribution < -0.4 is 29.4 Å². The monoisotopic (exact) mass is 492 g/mol. The van der Waals surface area contributed by atoms with Crippen LogP contribution in [0, 0.1) is 6.92 Å². The zero-order valence-electron chi connectivity index (χ0n) is 21.5. The number of anilines is 1. The van der Waals surface area contributed by atoms with Crippen molar-refractivity contribution < 1.29 is 23.7 Å². The van der Waals surface area contributed by atoms with Crippen LogP contribution >= 0.6 is 0 Å². The third-order valence-corrected chi connectivity index (χ3v) is 6.16. The van der Waals surface area contributed by atoms with Gasteiger partial charge in [-0.05, 0) is 60.7 Å². The van der Waals surface area contributed by atoms with Gasteiger partial charge in [-0.3, -0.25) is 0 Å². The van der Waals surface area contributed by atoms with Crippen molar-refractivity contribution in [2.75, 3.05) is 41.3 Å². The van der Waals surface area contributed by atoms with E-state index in [4.69, 9.17) is 29.4 Å². The largest absolute Gasteiger partial charge is 0.497 e. The van der Waals surface area contributed by atoms with E-state index < -0.39 is 0 Å². The number of rotatable bonds is 10. The van der Waals surface area contributed by atoms with Gasteiger partial charge in [-0.25, -0.2) is 4.98 Å². The second kappa shape index (κ2) is 10.6. The molecule has 0 aliphatic heterocycles. The maximum atomic E-state index is 6.03. The van der Waals surface area contributed by atoms with Crippen LogP contribution in [0.5, 0.6) is 28.7 Å². The molecule has 0 amide bonds. The molecule has 0 radical (unpaired) electrons. The van der Waals surface area contributed by atoms with Crippen molar-refractivity contribution in [1.29, 1.82) is 0 Å². The lowest BCUT2D eigenvalue weighted by Gasteiger charge is -2.14. The Bertz CT molecular complexity index is 1340. The molecule has 4 rings (SSSR count). The van der Waals surface area contributed by atoms with Crippen LogP contribution in [0.3, 0.4) is 0 Å². The van der Waals surface area contributed by atoms with E-state index in [0.717, 1.165) is 57.8 Å². The van der Waals surface area contributed by atoms with Crippen molar-refractivity contribution in [2.45, 2.75) is 26.3 Å². The molecule has 0 atom stereocenters. The number of nitrogen functional groups attached to an aromatic ring is 1. The Morgan fingerprint density at radius 3 is 1.94 bits per heavy atom. The van der Waals surface area contributed by atoms with Gasteiger partial charge in [-0.2, -0.15) is 4.98 Å². The molecule has 0 saturated heterocycles. The maximum absolute atomic E-state index is 6.03. The highest BCUT2D eigenvalue weighted by Gasteiger charge is 2.17. The van der Waals surface area contributed by atoms with Gasteiger partial charge in [-0.15, -0.1) is 0 Å². The molecule has 0 unspecified atom stereocenters. The molecule has 0 spiro atoms. The molecule has 190 valence electrons. The number of hydrogen-bond acceptors (Lipinski definition) is 8. The van der Waals surface area contributed by atoms with Crippen molar-refractivity contribution in [3.8, 4) is 28.7 Å². The molecule has 0 bridgehead atoms. The average Bonchev–Trinajstić information content (AvgIpc) is 3.23. The molecule has 0 aliphatic carbocycles. The zero-order valence-corrected chi connectivity index (χ0v) is 21.5. The molecule has 36 heavy (non-hydrogen) atoms.